The Morgan fingerprint density at radius 1 is 1.16 bits per heavy atom. The largest absolute Gasteiger partial charge is 0.311 e. The van der Waals surface area contributed by atoms with E-state index in [2.05, 4.69) is 3.53 Å². The van der Waals surface area contributed by atoms with Crippen molar-refractivity contribution in [1.82, 2.24) is 3.53 Å². The molecule has 3 rings (SSSR count). The number of amides is 2. The number of halogens is 2. The molecule has 0 bridgehead atoms. The number of benzene rings is 2. The first kappa shape index (κ1) is 17.8. The second-order valence-electron chi connectivity index (χ2n) is 6.20. The van der Waals surface area contributed by atoms with Gasteiger partial charge in [-0.3, -0.25) is 13.1 Å². The number of rotatable bonds is 4. The molecule has 0 saturated carbocycles. The molecule has 1 heterocycles. The Morgan fingerprint density at radius 2 is 1.84 bits per heavy atom. The molecule has 0 unspecified atom stereocenters. The fraction of sp³-hybridized carbons (Fsp3) is 0.263. The van der Waals surface area contributed by atoms with Crippen molar-refractivity contribution in [3.05, 3.63) is 66.0 Å². The molecule has 25 heavy (non-hydrogen) atoms. The minimum absolute atomic E-state index is 0.233. The molecule has 1 fully saturated rings. The summed E-state index contributed by atoms with van der Waals surface area (Å²) < 4.78 is 15.8. The summed E-state index contributed by atoms with van der Waals surface area (Å²) >= 11 is 1.78. The standard InChI is InChI=1S/C19H18FIN2O2/c20-15-7-9-16(10-8-15)23-12-4-11-19(18(23)25,17(24)22-21)13-14-5-2-1-3-6-14/h1-3,5-10H,4,11-13H2,(H,22,24)/t19-/m0/s1. The topological polar surface area (TPSA) is 49.4 Å². The highest BCUT2D eigenvalue weighted by Crippen LogP contribution is 2.37. The maximum Gasteiger partial charge on any atom is 0.244 e. The van der Waals surface area contributed by atoms with E-state index in [-0.39, 0.29) is 17.6 Å². The molecule has 1 atom stereocenters. The molecule has 0 aromatic heterocycles. The van der Waals surface area contributed by atoms with Crippen LogP contribution >= 0.6 is 22.9 Å². The molecule has 2 aromatic carbocycles. The van der Waals surface area contributed by atoms with E-state index >= 15 is 0 Å². The van der Waals surface area contributed by atoms with Crippen molar-refractivity contribution in [2.75, 3.05) is 11.4 Å². The fourth-order valence-corrected chi connectivity index (χ4v) is 3.88. The minimum atomic E-state index is -1.14. The number of piperidine rings is 1. The molecule has 0 aliphatic carbocycles. The Bertz CT molecular complexity index is 767. The molecular formula is C19H18FIN2O2. The van der Waals surface area contributed by atoms with Crippen LogP contribution in [0.4, 0.5) is 10.1 Å². The predicted molar refractivity (Wildman–Crippen MR) is 103 cm³/mol. The Labute approximate surface area is 159 Å². The molecular weight excluding hydrogens is 434 g/mol. The first-order valence-electron chi connectivity index (χ1n) is 8.09. The summed E-state index contributed by atoms with van der Waals surface area (Å²) in [5, 5.41) is 0. The molecule has 4 nitrogen and oxygen atoms in total. The summed E-state index contributed by atoms with van der Waals surface area (Å²) in [6.07, 6.45) is 1.55. The number of carbonyl (C=O) groups excluding carboxylic acids is 2. The Hall–Kier alpha value is -1.96. The lowest BCUT2D eigenvalue weighted by Crippen LogP contribution is -2.56. The van der Waals surface area contributed by atoms with Crippen LogP contribution in [-0.2, 0) is 16.0 Å². The lowest BCUT2D eigenvalue weighted by molar-refractivity contribution is -0.142. The highest BCUT2D eigenvalue weighted by molar-refractivity contribution is 14.1. The number of nitrogens with zero attached hydrogens (tertiary/aromatic N) is 1. The zero-order valence-electron chi connectivity index (χ0n) is 13.5. The van der Waals surface area contributed by atoms with Crippen molar-refractivity contribution in [1.29, 1.82) is 0 Å². The van der Waals surface area contributed by atoms with Gasteiger partial charge in [-0.1, -0.05) is 30.3 Å². The molecule has 1 saturated heterocycles. The zero-order valence-corrected chi connectivity index (χ0v) is 15.7. The van der Waals surface area contributed by atoms with Crippen LogP contribution in [0.3, 0.4) is 0 Å². The van der Waals surface area contributed by atoms with Gasteiger partial charge in [-0.2, -0.15) is 0 Å². The molecule has 2 amide bonds. The van der Waals surface area contributed by atoms with Crippen molar-refractivity contribution in [2.24, 2.45) is 5.41 Å². The number of hydrogen-bond acceptors (Lipinski definition) is 2. The van der Waals surface area contributed by atoms with Gasteiger partial charge < -0.3 is 4.90 Å². The first-order valence-corrected chi connectivity index (χ1v) is 9.17. The molecule has 1 aliphatic rings. The molecule has 2 aromatic rings. The van der Waals surface area contributed by atoms with Gasteiger partial charge in [0, 0.05) is 12.2 Å². The van der Waals surface area contributed by atoms with Gasteiger partial charge in [-0.05, 0) is 49.1 Å². The lowest BCUT2D eigenvalue weighted by Gasteiger charge is -2.40. The smallest absolute Gasteiger partial charge is 0.244 e. The average Bonchev–Trinajstić information content (AvgIpc) is 2.64. The van der Waals surface area contributed by atoms with Crippen LogP contribution in [0.5, 0.6) is 0 Å². The first-order chi connectivity index (χ1) is 12.1. The van der Waals surface area contributed by atoms with Gasteiger partial charge in [-0.15, -0.1) is 0 Å². The van der Waals surface area contributed by atoms with E-state index < -0.39 is 5.41 Å². The van der Waals surface area contributed by atoms with Gasteiger partial charge in [-0.25, -0.2) is 4.39 Å². The minimum Gasteiger partial charge on any atom is -0.311 e. The van der Waals surface area contributed by atoms with Crippen molar-refractivity contribution >= 4 is 40.4 Å². The van der Waals surface area contributed by atoms with E-state index in [4.69, 9.17) is 0 Å². The van der Waals surface area contributed by atoms with E-state index in [9.17, 15) is 14.0 Å². The van der Waals surface area contributed by atoms with Gasteiger partial charge in [0.15, 0.2) is 0 Å². The zero-order chi connectivity index (χ0) is 17.9. The number of anilines is 1. The van der Waals surface area contributed by atoms with Crippen LogP contribution in [0.1, 0.15) is 18.4 Å². The number of hydrogen-bond donors (Lipinski definition) is 1. The number of carbonyl (C=O) groups is 2. The monoisotopic (exact) mass is 452 g/mol. The molecule has 130 valence electrons. The third kappa shape index (κ3) is 3.53. The van der Waals surface area contributed by atoms with Crippen LogP contribution < -0.4 is 8.43 Å². The Kier molecular flexibility index (Phi) is 5.36. The van der Waals surface area contributed by atoms with Crippen molar-refractivity contribution in [3.8, 4) is 0 Å². The maximum atomic E-state index is 13.3. The molecule has 0 spiro atoms. The van der Waals surface area contributed by atoms with Crippen LogP contribution in [-0.4, -0.2) is 18.4 Å². The summed E-state index contributed by atoms with van der Waals surface area (Å²) in [5.41, 5.74) is 0.413. The Morgan fingerprint density at radius 3 is 2.48 bits per heavy atom. The lowest BCUT2D eigenvalue weighted by atomic mass is 9.73. The van der Waals surface area contributed by atoms with Gasteiger partial charge >= 0.3 is 0 Å². The SMILES string of the molecule is O=C(NI)[C@@]1(Cc2ccccc2)CCCN(c2ccc(F)cc2)C1=O. The maximum absolute atomic E-state index is 13.3. The molecule has 0 radical (unpaired) electrons. The summed E-state index contributed by atoms with van der Waals surface area (Å²) in [7, 11) is 0. The third-order valence-electron chi connectivity index (χ3n) is 4.65. The van der Waals surface area contributed by atoms with Gasteiger partial charge in [0.05, 0.1) is 22.9 Å². The quantitative estimate of drug-likeness (QED) is 0.438. The summed E-state index contributed by atoms with van der Waals surface area (Å²) in [5.74, 6) is -0.870. The van der Waals surface area contributed by atoms with Crippen molar-refractivity contribution in [3.63, 3.8) is 0 Å². The third-order valence-corrected chi connectivity index (χ3v) is 5.14. The van der Waals surface area contributed by atoms with Crippen molar-refractivity contribution < 1.29 is 14.0 Å². The van der Waals surface area contributed by atoms with Crippen molar-refractivity contribution in [2.45, 2.75) is 19.3 Å². The van der Waals surface area contributed by atoms with Gasteiger partial charge in [0.25, 0.3) is 0 Å². The second-order valence-corrected chi connectivity index (χ2v) is 6.74. The van der Waals surface area contributed by atoms with Gasteiger partial charge in [0.2, 0.25) is 11.8 Å². The summed E-state index contributed by atoms with van der Waals surface area (Å²) in [6.45, 7) is 0.523. The fourth-order valence-electron chi connectivity index (χ4n) is 3.36. The van der Waals surface area contributed by atoms with E-state index in [0.717, 1.165) is 5.56 Å². The average molecular weight is 452 g/mol. The highest BCUT2D eigenvalue weighted by atomic mass is 127. The van der Waals surface area contributed by atoms with Crippen LogP contribution in [0.2, 0.25) is 0 Å². The summed E-state index contributed by atoms with van der Waals surface area (Å²) in [6, 6.07) is 15.4. The van der Waals surface area contributed by atoms with Crippen LogP contribution in [0.15, 0.2) is 54.6 Å². The second kappa shape index (κ2) is 7.51. The number of nitrogens with one attached hydrogen (secondary N) is 1. The van der Waals surface area contributed by atoms with Crippen LogP contribution in [0.25, 0.3) is 0 Å². The van der Waals surface area contributed by atoms with Crippen LogP contribution in [0, 0.1) is 11.2 Å². The summed E-state index contributed by atoms with van der Waals surface area (Å²) in [4.78, 5) is 27.6. The van der Waals surface area contributed by atoms with E-state index in [1.54, 1.807) is 39.9 Å². The molecule has 6 heteroatoms. The van der Waals surface area contributed by atoms with E-state index in [0.29, 0.717) is 31.5 Å². The normalized spacial score (nSPS) is 20.4. The van der Waals surface area contributed by atoms with E-state index in [1.165, 1.54) is 12.1 Å². The molecule has 1 N–H and O–H groups in total. The van der Waals surface area contributed by atoms with E-state index in [1.807, 2.05) is 30.3 Å². The van der Waals surface area contributed by atoms with Gasteiger partial charge in [0.1, 0.15) is 11.2 Å². The Balaban J connectivity index is 1.97. The highest BCUT2D eigenvalue weighted by Gasteiger charge is 2.50. The predicted octanol–water partition coefficient (Wildman–Crippen LogP) is 3.65. The molecule has 1 aliphatic heterocycles.